The molecule has 0 bridgehead atoms. The van der Waals surface area contributed by atoms with E-state index >= 15 is 0 Å². The minimum absolute atomic E-state index is 0.0971. The average molecular weight is 379 g/mol. The highest BCUT2D eigenvalue weighted by Gasteiger charge is 2.19. The lowest BCUT2D eigenvalue weighted by Gasteiger charge is -2.19. The number of benzene rings is 3. The quantitative estimate of drug-likeness (QED) is 0.631. The fourth-order valence-electron chi connectivity index (χ4n) is 2.94. The summed E-state index contributed by atoms with van der Waals surface area (Å²) in [5, 5.41) is 0. The van der Waals surface area contributed by atoms with Gasteiger partial charge in [-0.25, -0.2) is 13.1 Å². The minimum Gasteiger partial charge on any atom is -0.295 e. The highest BCUT2D eigenvalue weighted by Crippen LogP contribution is 2.24. The maximum atomic E-state index is 12.7. The van der Waals surface area contributed by atoms with Gasteiger partial charge in [0.25, 0.3) is 0 Å². The van der Waals surface area contributed by atoms with Crippen molar-refractivity contribution in [2.24, 2.45) is 0 Å². The van der Waals surface area contributed by atoms with Crippen LogP contribution in [-0.4, -0.2) is 20.7 Å². The molecule has 0 spiro atoms. The predicted octanol–water partition coefficient (Wildman–Crippen LogP) is 4.00. The lowest BCUT2D eigenvalue weighted by atomic mass is 9.92. The molecule has 0 aliphatic heterocycles. The Morgan fingerprint density at radius 1 is 0.815 bits per heavy atom. The summed E-state index contributed by atoms with van der Waals surface area (Å²) in [6.07, 6.45) is 0. The Balaban J connectivity index is 1.83. The number of hydrogen-bond acceptors (Lipinski definition) is 3. The van der Waals surface area contributed by atoms with Crippen LogP contribution in [0.3, 0.4) is 0 Å². The molecule has 1 N–H and O–H groups in total. The van der Waals surface area contributed by atoms with Crippen LogP contribution in [0.1, 0.15) is 34.3 Å². The fraction of sp³-hybridized carbons (Fsp3) is 0.136. The van der Waals surface area contributed by atoms with Crippen molar-refractivity contribution < 1.29 is 13.2 Å². The van der Waals surface area contributed by atoms with Crippen molar-refractivity contribution in [3.05, 3.63) is 102 Å². The standard InChI is InChI=1S/C22H21NO3S/c1-17(24)18-12-14-21(15-13-18)27(25,26)23-16-22(19-8-4-2-5-9-19)20-10-6-3-7-11-20/h2-15,22-23H,16H2,1H3. The van der Waals surface area contributed by atoms with E-state index in [1.807, 2.05) is 60.7 Å². The third-order valence-electron chi connectivity index (χ3n) is 4.45. The van der Waals surface area contributed by atoms with Crippen LogP contribution in [0, 0.1) is 0 Å². The zero-order valence-electron chi connectivity index (χ0n) is 15.0. The van der Waals surface area contributed by atoms with E-state index in [1.165, 1.54) is 31.2 Å². The molecule has 5 heteroatoms. The predicted molar refractivity (Wildman–Crippen MR) is 106 cm³/mol. The normalized spacial score (nSPS) is 11.5. The van der Waals surface area contributed by atoms with Crippen LogP contribution >= 0.6 is 0 Å². The number of carbonyl (C=O) groups excluding carboxylic acids is 1. The molecule has 27 heavy (non-hydrogen) atoms. The summed E-state index contributed by atoms with van der Waals surface area (Å²) in [6, 6.07) is 25.6. The van der Waals surface area contributed by atoms with Gasteiger partial charge in [0.2, 0.25) is 10.0 Å². The Morgan fingerprint density at radius 3 is 1.74 bits per heavy atom. The van der Waals surface area contributed by atoms with Gasteiger partial charge in [-0.2, -0.15) is 0 Å². The lowest BCUT2D eigenvalue weighted by Crippen LogP contribution is -2.29. The van der Waals surface area contributed by atoms with Gasteiger partial charge in [-0.05, 0) is 30.2 Å². The summed E-state index contributed by atoms with van der Waals surface area (Å²) in [4.78, 5) is 11.5. The van der Waals surface area contributed by atoms with E-state index in [-0.39, 0.29) is 23.1 Å². The van der Waals surface area contributed by atoms with Crippen LogP contribution in [0.2, 0.25) is 0 Å². The summed E-state index contributed by atoms with van der Waals surface area (Å²) >= 11 is 0. The SMILES string of the molecule is CC(=O)c1ccc(S(=O)(=O)NCC(c2ccccc2)c2ccccc2)cc1. The maximum Gasteiger partial charge on any atom is 0.240 e. The van der Waals surface area contributed by atoms with E-state index in [0.717, 1.165) is 11.1 Å². The molecule has 0 aromatic heterocycles. The van der Waals surface area contributed by atoms with Crippen LogP contribution in [0.25, 0.3) is 0 Å². The molecule has 0 atom stereocenters. The van der Waals surface area contributed by atoms with Crippen LogP contribution < -0.4 is 4.72 Å². The average Bonchev–Trinajstić information content (AvgIpc) is 2.70. The molecule has 0 amide bonds. The molecule has 0 heterocycles. The van der Waals surface area contributed by atoms with Gasteiger partial charge in [0.1, 0.15) is 0 Å². The number of Topliss-reactive ketones (excluding diaryl/α,β-unsaturated/α-hetero) is 1. The first kappa shape index (κ1) is 19.0. The van der Waals surface area contributed by atoms with Gasteiger partial charge in [-0.1, -0.05) is 72.8 Å². The molecule has 4 nitrogen and oxygen atoms in total. The van der Waals surface area contributed by atoms with E-state index in [9.17, 15) is 13.2 Å². The van der Waals surface area contributed by atoms with E-state index in [2.05, 4.69) is 4.72 Å². The van der Waals surface area contributed by atoms with Gasteiger partial charge in [-0.15, -0.1) is 0 Å². The van der Waals surface area contributed by atoms with Gasteiger partial charge in [0.15, 0.2) is 5.78 Å². The van der Waals surface area contributed by atoms with Gasteiger partial charge in [0.05, 0.1) is 4.90 Å². The zero-order valence-corrected chi connectivity index (χ0v) is 15.8. The molecule has 0 unspecified atom stereocenters. The largest absolute Gasteiger partial charge is 0.295 e. The number of sulfonamides is 1. The van der Waals surface area contributed by atoms with Gasteiger partial charge in [-0.3, -0.25) is 4.79 Å². The van der Waals surface area contributed by atoms with Crippen molar-refractivity contribution in [3.63, 3.8) is 0 Å². The third kappa shape index (κ3) is 4.70. The molecule has 0 aliphatic carbocycles. The molecule has 0 aliphatic rings. The first-order chi connectivity index (χ1) is 13.0. The highest BCUT2D eigenvalue weighted by atomic mass is 32.2. The second kappa shape index (κ2) is 8.29. The molecule has 0 saturated heterocycles. The van der Waals surface area contributed by atoms with Crippen molar-refractivity contribution in [1.82, 2.24) is 4.72 Å². The molecular formula is C22H21NO3S. The highest BCUT2D eigenvalue weighted by molar-refractivity contribution is 7.89. The van der Waals surface area contributed by atoms with Gasteiger partial charge in [0, 0.05) is 18.0 Å². The molecule has 3 aromatic carbocycles. The number of nitrogens with one attached hydrogen (secondary N) is 1. The van der Waals surface area contributed by atoms with Gasteiger partial charge < -0.3 is 0 Å². The molecule has 3 aromatic rings. The molecule has 0 radical (unpaired) electrons. The molecule has 3 rings (SSSR count). The van der Waals surface area contributed by atoms with E-state index in [1.54, 1.807) is 0 Å². The Kier molecular flexibility index (Phi) is 5.84. The summed E-state index contributed by atoms with van der Waals surface area (Å²) in [7, 11) is -3.68. The van der Waals surface area contributed by atoms with E-state index in [4.69, 9.17) is 0 Å². The van der Waals surface area contributed by atoms with E-state index in [0.29, 0.717) is 5.56 Å². The summed E-state index contributed by atoms with van der Waals surface area (Å²) < 4.78 is 28.1. The Morgan fingerprint density at radius 2 is 1.30 bits per heavy atom. The van der Waals surface area contributed by atoms with Crippen LogP contribution in [0.5, 0.6) is 0 Å². The maximum absolute atomic E-state index is 12.7. The fourth-order valence-corrected chi connectivity index (χ4v) is 3.99. The Hall–Kier alpha value is -2.76. The van der Waals surface area contributed by atoms with E-state index < -0.39 is 10.0 Å². The number of carbonyl (C=O) groups is 1. The Labute approximate surface area is 159 Å². The van der Waals surface area contributed by atoms with Crippen molar-refractivity contribution in [3.8, 4) is 0 Å². The van der Waals surface area contributed by atoms with Crippen molar-refractivity contribution in [1.29, 1.82) is 0 Å². The van der Waals surface area contributed by atoms with Crippen LogP contribution in [0.15, 0.2) is 89.8 Å². The smallest absolute Gasteiger partial charge is 0.240 e. The molecule has 138 valence electrons. The first-order valence-corrected chi connectivity index (χ1v) is 10.2. The molecular weight excluding hydrogens is 358 g/mol. The van der Waals surface area contributed by atoms with Crippen molar-refractivity contribution in [2.45, 2.75) is 17.7 Å². The molecule has 0 saturated carbocycles. The topological polar surface area (TPSA) is 63.2 Å². The summed E-state index contributed by atoms with van der Waals surface area (Å²) in [5.74, 6) is -0.196. The number of hydrogen-bond donors (Lipinski definition) is 1. The summed E-state index contributed by atoms with van der Waals surface area (Å²) in [6.45, 7) is 1.69. The number of rotatable bonds is 7. The van der Waals surface area contributed by atoms with Crippen molar-refractivity contribution >= 4 is 15.8 Å². The van der Waals surface area contributed by atoms with Crippen molar-refractivity contribution in [2.75, 3.05) is 6.54 Å². The Bertz CT molecular complexity index is 959. The van der Waals surface area contributed by atoms with Crippen LogP contribution in [0.4, 0.5) is 0 Å². The second-order valence-electron chi connectivity index (χ2n) is 6.31. The minimum atomic E-state index is -3.68. The first-order valence-electron chi connectivity index (χ1n) is 8.68. The number of ketones is 1. The lowest BCUT2D eigenvalue weighted by molar-refractivity contribution is 0.101. The van der Waals surface area contributed by atoms with Crippen LogP contribution in [-0.2, 0) is 10.0 Å². The monoisotopic (exact) mass is 379 g/mol. The second-order valence-corrected chi connectivity index (χ2v) is 8.07. The molecule has 0 fully saturated rings. The summed E-state index contributed by atoms with van der Waals surface area (Å²) in [5.41, 5.74) is 2.57. The van der Waals surface area contributed by atoms with Gasteiger partial charge >= 0.3 is 0 Å². The third-order valence-corrected chi connectivity index (χ3v) is 5.89. The zero-order chi connectivity index (χ0) is 19.3.